The molecule has 0 aromatic heterocycles. The van der Waals surface area contributed by atoms with Gasteiger partial charge in [0.25, 0.3) is 0 Å². The van der Waals surface area contributed by atoms with Gasteiger partial charge in [0.1, 0.15) is 0 Å². The average molecular weight is 196 g/mol. The fourth-order valence-electron chi connectivity index (χ4n) is 1.82. The molecule has 0 heterocycles. The summed E-state index contributed by atoms with van der Waals surface area (Å²) in [6, 6.07) is 0. The largest absolute Gasteiger partial charge is 0.370 e. The molecule has 0 fully saturated rings. The van der Waals surface area contributed by atoms with Crippen LogP contribution in [0.4, 0.5) is 0 Å². The smallest absolute Gasteiger partial charge is 0.223 e. The third kappa shape index (κ3) is 2.34. The molecule has 1 atom stereocenters. The average Bonchev–Trinajstić information content (AvgIpc) is 2.16. The van der Waals surface area contributed by atoms with Crippen LogP contribution in [0.2, 0.25) is 0 Å². The molecule has 0 aromatic carbocycles. The summed E-state index contributed by atoms with van der Waals surface area (Å²) in [6.45, 7) is 0. The molecule has 0 aliphatic heterocycles. The highest BCUT2D eigenvalue weighted by atomic mass is 16.1. The van der Waals surface area contributed by atoms with Crippen molar-refractivity contribution in [3.05, 3.63) is 12.2 Å². The number of amides is 2. The van der Waals surface area contributed by atoms with Crippen molar-refractivity contribution in [3.63, 3.8) is 0 Å². The maximum atomic E-state index is 11.3. The summed E-state index contributed by atoms with van der Waals surface area (Å²) in [5.74, 6) is -0.691. The van der Waals surface area contributed by atoms with Crippen LogP contribution < -0.4 is 11.5 Å². The first-order chi connectivity index (χ1) is 6.57. The van der Waals surface area contributed by atoms with Gasteiger partial charge >= 0.3 is 0 Å². The van der Waals surface area contributed by atoms with E-state index in [0.717, 1.165) is 12.8 Å². The Morgan fingerprint density at radius 1 is 1.29 bits per heavy atom. The van der Waals surface area contributed by atoms with E-state index >= 15 is 0 Å². The molecule has 4 heteroatoms. The lowest BCUT2D eigenvalue weighted by molar-refractivity contribution is -0.129. The van der Waals surface area contributed by atoms with Crippen molar-refractivity contribution >= 4 is 11.8 Å². The highest BCUT2D eigenvalue weighted by Gasteiger charge is 2.36. The van der Waals surface area contributed by atoms with Gasteiger partial charge in [0, 0.05) is 6.42 Å². The van der Waals surface area contributed by atoms with E-state index in [1.54, 1.807) is 0 Å². The van der Waals surface area contributed by atoms with Crippen LogP contribution in [-0.4, -0.2) is 11.8 Å². The lowest BCUT2D eigenvalue weighted by Crippen LogP contribution is -2.38. The molecule has 1 aliphatic rings. The number of hydrogen-bond acceptors (Lipinski definition) is 2. The minimum Gasteiger partial charge on any atom is -0.370 e. The van der Waals surface area contributed by atoms with E-state index in [1.807, 2.05) is 12.2 Å². The van der Waals surface area contributed by atoms with Crippen molar-refractivity contribution in [1.82, 2.24) is 0 Å². The molecule has 0 spiro atoms. The molecule has 0 aromatic rings. The van der Waals surface area contributed by atoms with Gasteiger partial charge in [0.2, 0.25) is 11.8 Å². The zero-order valence-corrected chi connectivity index (χ0v) is 8.16. The van der Waals surface area contributed by atoms with Crippen LogP contribution in [-0.2, 0) is 9.59 Å². The Morgan fingerprint density at radius 3 is 2.43 bits per heavy atom. The first-order valence-corrected chi connectivity index (χ1v) is 4.80. The Morgan fingerprint density at radius 2 is 2.00 bits per heavy atom. The molecule has 14 heavy (non-hydrogen) atoms. The Hall–Kier alpha value is -1.32. The number of nitrogens with two attached hydrogens (primary N) is 2. The highest BCUT2D eigenvalue weighted by Crippen LogP contribution is 2.36. The minimum absolute atomic E-state index is 0.233. The molecule has 4 N–H and O–H groups in total. The van der Waals surface area contributed by atoms with Gasteiger partial charge in [-0.2, -0.15) is 0 Å². The van der Waals surface area contributed by atoms with Crippen molar-refractivity contribution in [2.45, 2.75) is 32.1 Å². The normalized spacial score (nSPS) is 26.0. The second kappa shape index (κ2) is 4.26. The second-order valence-corrected chi connectivity index (χ2v) is 3.83. The predicted molar refractivity (Wildman–Crippen MR) is 53.0 cm³/mol. The Kier molecular flexibility index (Phi) is 3.28. The molecule has 1 unspecified atom stereocenters. The van der Waals surface area contributed by atoms with Crippen LogP contribution in [0.1, 0.15) is 32.1 Å². The predicted octanol–water partition coefficient (Wildman–Crippen LogP) is 0.464. The Balaban J connectivity index is 2.67. The lowest BCUT2D eigenvalue weighted by atomic mass is 9.73. The molecule has 0 saturated heterocycles. The standard InChI is InChI=1S/C10H16N2O2/c11-8(13)4-7-10(9(12)14)5-2-1-3-6-10/h1-2H,3-7H2,(H2,11,13)(H2,12,14). The van der Waals surface area contributed by atoms with E-state index in [0.29, 0.717) is 12.8 Å². The van der Waals surface area contributed by atoms with E-state index in [9.17, 15) is 9.59 Å². The summed E-state index contributed by atoms with van der Waals surface area (Å²) in [6.07, 6.45) is 6.91. The minimum atomic E-state index is -0.538. The summed E-state index contributed by atoms with van der Waals surface area (Å²) >= 11 is 0. The van der Waals surface area contributed by atoms with Crippen molar-refractivity contribution in [2.75, 3.05) is 0 Å². The molecule has 0 bridgehead atoms. The molecular weight excluding hydrogens is 180 g/mol. The summed E-state index contributed by atoms with van der Waals surface area (Å²) in [7, 11) is 0. The number of primary amides is 2. The molecule has 78 valence electrons. The number of carbonyl (C=O) groups excluding carboxylic acids is 2. The molecular formula is C10H16N2O2. The first-order valence-electron chi connectivity index (χ1n) is 4.80. The van der Waals surface area contributed by atoms with Crippen molar-refractivity contribution in [1.29, 1.82) is 0 Å². The summed E-state index contributed by atoms with van der Waals surface area (Å²) < 4.78 is 0. The summed E-state index contributed by atoms with van der Waals surface area (Å²) in [5, 5.41) is 0. The van der Waals surface area contributed by atoms with Gasteiger partial charge < -0.3 is 11.5 Å². The fraction of sp³-hybridized carbons (Fsp3) is 0.600. The third-order valence-corrected chi connectivity index (χ3v) is 2.84. The quantitative estimate of drug-likeness (QED) is 0.640. The van der Waals surface area contributed by atoms with E-state index in [-0.39, 0.29) is 18.2 Å². The molecule has 2 amide bonds. The zero-order chi connectivity index (χ0) is 10.6. The van der Waals surface area contributed by atoms with E-state index < -0.39 is 5.41 Å². The molecule has 4 nitrogen and oxygen atoms in total. The maximum absolute atomic E-state index is 11.3. The maximum Gasteiger partial charge on any atom is 0.223 e. The molecule has 1 rings (SSSR count). The van der Waals surface area contributed by atoms with Gasteiger partial charge in [-0.3, -0.25) is 9.59 Å². The van der Waals surface area contributed by atoms with E-state index in [4.69, 9.17) is 11.5 Å². The van der Waals surface area contributed by atoms with Crippen molar-refractivity contribution in [3.8, 4) is 0 Å². The lowest BCUT2D eigenvalue weighted by Gasteiger charge is -2.31. The summed E-state index contributed by atoms with van der Waals surface area (Å²) in [5.41, 5.74) is 9.89. The van der Waals surface area contributed by atoms with Crippen LogP contribution in [0.5, 0.6) is 0 Å². The Bertz CT molecular complexity index is 273. The van der Waals surface area contributed by atoms with Gasteiger partial charge in [-0.15, -0.1) is 0 Å². The van der Waals surface area contributed by atoms with Crippen LogP contribution in [0.25, 0.3) is 0 Å². The number of carbonyl (C=O) groups is 2. The topological polar surface area (TPSA) is 86.2 Å². The van der Waals surface area contributed by atoms with Crippen molar-refractivity contribution < 1.29 is 9.59 Å². The second-order valence-electron chi connectivity index (χ2n) is 3.83. The van der Waals surface area contributed by atoms with E-state index in [1.165, 1.54) is 0 Å². The van der Waals surface area contributed by atoms with Gasteiger partial charge in [-0.1, -0.05) is 12.2 Å². The molecule has 0 radical (unpaired) electrons. The van der Waals surface area contributed by atoms with Gasteiger partial charge in [0.05, 0.1) is 5.41 Å². The zero-order valence-electron chi connectivity index (χ0n) is 8.16. The van der Waals surface area contributed by atoms with Crippen LogP contribution >= 0.6 is 0 Å². The monoisotopic (exact) mass is 196 g/mol. The highest BCUT2D eigenvalue weighted by molar-refractivity contribution is 5.82. The number of allylic oxidation sites excluding steroid dienone is 2. The van der Waals surface area contributed by atoms with Crippen molar-refractivity contribution in [2.24, 2.45) is 16.9 Å². The SMILES string of the molecule is NC(=O)CCC1(C(N)=O)CC=CCC1. The van der Waals surface area contributed by atoms with Crippen LogP contribution in [0, 0.1) is 5.41 Å². The third-order valence-electron chi connectivity index (χ3n) is 2.84. The number of rotatable bonds is 4. The van der Waals surface area contributed by atoms with Gasteiger partial charge in [-0.25, -0.2) is 0 Å². The molecule has 1 aliphatic carbocycles. The Labute approximate surface area is 83.3 Å². The van der Waals surface area contributed by atoms with Crippen LogP contribution in [0.3, 0.4) is 0 Å². The summed E-state index contributed by atoms with van der Waals surface area (Å²) in [4.78, 5) is 22.0. The van der Waals surface area contributed by atoms with Gasteiger partial charge in [0.15, 0.2) is 0 Å². The van der Waals surface area contributed by atoms with Gasteiger partial charge in [-0.05, 0) is 25.7 Å². The fourth-order valence-corrected chi connectivity index (χ4v) is 1.82. The van der Waals surface area contributed by atoms with Crippen LogP contribution in [0.15, 0.2) is 12.2 Å². The van der Waals surface area contributed by atoms with E-state index in [2.05, 4.69) is 0 Å². The molecule has 0 saturated carbocycles. The number of hydrogen-bond donors (Lipinski definition) is 2. The first kappa shape index (κ1) is 10.8.